The number of nitrogens with zero attached hydrogens (tertiary/aromatic N) is 3. The zero-order valence-electron chi connectivity index (χ0n) is 11.1. The summed E-state index contributed by atoms with van der Waals surface area (Å²) in [6.07, 6.45) is 1.00. The summed E-state index contributed by atoms with van der Waals surface area (Å²) in [6.45, 7) is 5.48. The molecule has 1 atom stereocenters. The van der Waals surface area contributed by atoms with Crippen molar-refractivity contribution < 1.29 is 4.74 Å². The summed E-state index contributed by atoms with van der Waals surface area (Å²) in [6, 6.07) is 5.82. The Balaban J connectivity index is 2.08. The number of halogens is 1. The molecule has 1 unspecified atom stereocenters. The molecule has 0 amide bonds. The first kappa shape index (κ1) is 12.6. The molecule has 5 heteroatoms. The van der Waals surface area contributed by atoms with E-state index < -0.39 is 0 Å². The number of aromatic nitrogens is 3. The van der Waals surface area contributed by atoms with Crippen LogP contribution >= 0.6 is 11.6 Å². The Bertz CT molecular complexity index is 603. The van der Waals surface area contributed by atoms with Gasteiger partial charge in [-0.15, -0.1) is 0 Å². The van der Waals surface area contributed by atoms with Gasteiger partial charge >= 0.3 is 0 Å². The highest BCUT2D eigenvalue weighted by molar-refractivity contribution is 6.30. The standard InChI is InChI=1S/C14H16ClN3O/c1-9-7-12(15)3-4-13(9)18-14(16-10(2)17-18)11-5-6-19-8-11/h3-4,7,11H,5-6,8H2,1-2H3. The molecular weight excluding hydrogens is 262 g/mol. The molecule has 0 aliphatic carbocycles. The van der Waals surface area contributed by atoms with E-state index in [9.17, 15) is 0 Å². The molecule has 1 aliphatic rings. The Morgan fingerprint density at radius 1 is 1.37 bits per heavy atom. The van der Waals surface area contributed by atoms with Gasteiger partial charge in [0.1, 0.15) is 11.6 Å². The molecule has 0 spiro atoms. The van der Waals surface area contributed by atoms with Crippen molar-refractivity contribution in [2.75, 3.05) is 13.2 Å². The molecule has 1 aromatic heterocycles. The maximum absolute atomic E-state index is 6.01. The van der Waals surface area contributed by atoms with E-state index in [4.69, 9.17) is 16.3 Å². The molecule has 1 aromatic carbocycles. The molecule has 0 saturated carbocycles. The Morgan fingerprint density at radius 2 is 2.21 bits per heavy atom. The van der Waals surface area contributed by atoms with Gasteiger partial charge in [0.05, 0.1) is 12.3 Å². The smallest absolute Gasteiger partial charge is 0.148 e. The van der Waals surface area contributed by atoms with E-state index in [2.05, 4.69) is 10.1 Å². The van der Waals surface area contributed by atoms with Crippen LogP contribution in [0, 0.1) is 13.8 Å². The minimum atomic E-state index is 0.330. The predicted octanol–water partition coefficient (Wildman–Crippen LogP) is 3.04. The summed E-state index contributed by atoms with van der Waals surface area (Å²) in [5.41, 5.74) is 2.13. The van der Waals surface area contributed by atoms with Crippen LogP contribution in [0.3, 0.4) is 0 Å². The lowest BCUT2D eigenvalue weighted by Crippen LogP contribution is -2.10. The monoisotopic (exact) mass is 277 g/mol. The normalized spacial score (nSPS) is 19.0. The van der Waals surface area contributed by atoms with Gasteiger partial charge in [-0.3, -0.25) is 0 Å². The fourth-order valence-electron chi connectivity index (χ4n) is 2.47. The highest BCUT2D eigenvalue weighted by Gasteiger charge is 2.24. The number of hydrogen-bond acceptors (Lipinski definition) is 3. The van der Waals surface area contributed by atoms with Crippen LogP contribution in [0.25, 0.3) is 5.69 Å². The summed E-state index contributed by atoms with van der Waals surface area (Å²) in [4.78, 5) is 4.57. The number of aryl methyl sites for hydroxylation is 2. The van der Waals surface area contributed by atoms with Gasteiger partial charge in [-0.2, -0.15) is 5.10 Å². The van der Waals surface area contributed by atoms with Crippen LogP contribution in [-0.4, -0.2) is 28.0 Å². The third-order valence-electron chi connectivity index (χ3n) is 3.42. The molecule has 0 bridgehead atoms. The lowest BCUT2D eigenvalue weighted by Gasteiger charge is -2.12. The highest BCUT2D eigenvalue weighted by atomic mass is 35.5. The van der Waals surface area contributed by atoms with Gasteiger partial charge in [0.15, 0.2) is 0 Å². The number of hydrogen-bond donors (Lipinski definition) is 0. The Hall–Kier alpha value is -1.39. The maximum atomic E-state index is 6.01. The first-order valence-electron chi connectivity index (χ1n) is 6.43. The predicted molar refractivity (Wildman–Crippen MR) is 74.0 cm³/mol. The van der Waals surface area contributed by atoms with Gasteiger partial charge in [0, 0.05) is 17.5 Å². The van der Waals surface area contributed by atoms with Crippen molar-refractivity contribution in [1.29, 1.82) is 0 Å². The van der Waals surface area contributed by atoms with Crippen molar-refractivity contribution in [1.82, 2.24) is 14.8 Å². The van der Waals surface area contributed by atoms with Crippen molar-refractivity contribution in [3.63, 3.8) is 0 Å². The van der Waals surface area contributed by atoms with Gasteiger partial charge in [0.25, 0.3) is 0 Å². The highest BCUT2D eigenvalue weighted by Crippen LogP contribution is 2.27. The summed E-state index contributed by atoms with van der Waals surface area (Å²) >= 11 is 6.01. The maximum Gasteiger partial charge on any atom is 0.148 e. The van der Waals surface area contributed by atoms with Crippen molar-refractivity contribution in [3.8, 4) is 5.69 Å². The third kappa shape index (κ3) is 2.38. The van der Waals surface area contributed by atoms with Gasteiger partial charge in [-0.05, 0) is 44.0 Å². The average Bonchev–Trinajstić information content (AvgIpc) is 2.97. The Morgan fingerprint density at radius 3 is 2.89 bits per heavy atom. The van der Waals surface area contributed by atoms with E-state index in [0.717, 1.165) is 47.6 Å². The van der Waals surface area contributed by atoms with Gasteiger partial charge in [-0.1, -0.05) is 11.6 Å². The second-order valence-corrected chi connectivity index (χ2v) is 5.36. The second kappa shape index (κ2) is 4.94. The van der Waals surface area contributed by atoms with Gasteiger partial charge in [-0.25, -0.2) is 9.67 Å². The first-order chi connectivity index (χ1) is 9.15. The van der Waals surface area contributed by atoms with Crippen molar-refractivity contribution in [2.24, 2.45) is 0 Å². The van der Waals surface area contributed by atoms with E-state index in [0.29, 0.717) is 5.92 Å². The fourth-order valence-corrected chi connectivity index (χ4v) is 2.69. The van der Waals surface area contributed by atoms with E-state index in [1.165, 1.54) is 0 Å². The Labute approximate surface area is 117 Å². The minimum absolute atomic E-state index is 0.330. The second-order valence-electron chi connectivity index (χ2n) is 4.92. The van der Waals surface area contributed by atoms with Crippen LogP contribution in [0.4, 0.5) is 0 Å². The first-order valence-corrected chi connectivity index (χ1v) is 6.81. The van der Waals surface area contributed by atoms with Crippen LogP contribution in [0.1, 0.15) is 29.6 Å². The summed E-state index contributed by atoms with van der Waals surface area (Å²) in [5, 5.41) is 5.26. The molecule has 100 valence electrons. The van der Waals surface area contributed by atoms with E-state index >= 15 is 0 Å². The minimum Gasteiger partial charge on any atom is -0.381 e. The molecule has 1 aliphatic heterocycles. The largest absolute Gasteiger partial charge is 0.381 e. The molecule has 0 radical (unpaired) electrons. The van der Waals surface area contributed by atoms with E-state index in [1.54, 1.807) is 0 Å². The van der Waals surface area contributed by atoms with Gasteiger partial charge in [0.2, 0.25) is 0 Å². The molecule has 4 nitrogen and oxygen atoms in total. The van der Waals surface area contributed by atoms with Crippen molar-refractivity contribution >= 4 is 11.6 Å². The van der Waals surface area contributed by atoms with E-state index in [1.807, 2.05) is 36.7 Å². The summed E-state index contributed by atoms with van der Waals surface area (Å²) in [5.74, 6) is 2.10. The summed E-state index contributed by atoms with van der Waals surface area (Å²) < 4.78 is 7.39. The molecule has 2 heterocycles. The molecule has 0 N–H and O–H groups in total. The van der Waals surface area contributed by atoms with Crippen molar-refractivity contribution in [2.45, 2.75) is 26.2 Å². The summed E-state index contributed by atoms with van der Waals surface area (Å²) in [7, 11) is 0. The quantitative estimate of drug-likeness (QED) is 0.847. The van der Waals surface area contributed by atoms with Crippen LogP contribution in [0.15, 0.2) is 18.2 Å². The number of benzene rings is 1. The van der Waals surface area contributed by atoms with Gasteiger partial charge < -0.3 is 4.74 Å². The SMILES string of the molecule is Cc1nc(C2CCOC2)n(-c2ccc(Cl)cc2C)n1. The average molecular weight is 278 g/mol. The Kier molecular flexibility index (Phi) is 3.29. The molecule has 3 rings (SSSR count). The third-order valence-corrected chi connectivity index (χ3v) is 3.66. The lowest BCUT2D eigenvalue weighted by molar-refractivity contribution is 0.193. The van der Waals surface area contributed by atoms with Crippen LogP contribution in [0.2, 0.25) is 5.02 Å². The molecular formula is C14H16ClN3O. The van der Waals surface area contributed by atoms with Crippen LogP contribution in [-0.2, 0) is 4.74 Å². The number of rotatable bonds is 2. The molecule has 1 saturated heterocycles. The van der Waals surface area contributed by atoms with Crippen molar-refractivity contribution in [3.05, 3.63) is 40.4 Å². The molecule has 2 aromatic rings. The molecule has 1 fully saturated rings. The van der Waals surface area contributed by atoms with E-state index in [-0.39, 0.29) is 0 Å². The molecule has 19 heavy (non-hydrogen) atoms. The fraction of sp³-hybridized carbons (Fsp3) is 0.429. The topological polar surface area (TPSA) is 39.9 Å². The zero-order chi connectivity index (χ0) is 13.4. The number of ether oxygens (including phenoxy) is 1. The van der Waals surface area contributed by atoms with Crippen LogP contribution in [0.5, 0.6) is 0 Å². The lowest BCUT2D eigenvalue weighted by atomic mass is 10.1. The van der Waals surface area contributed by atoms with Crippen LogP contribution < -0.4 is 0 Å². The zero-order valence-corrected chi connectivity index (χ0v) is 11.8.